The smallest absolute Gasteiger partial charge is 0.258 e. The minimum Gasteiger partial charge on any atom is -0.311 e. The van der Waals surface area contributed by atoms with Gasteiger partial charge in [0, 0.05) is 24.3 Å². The largest absolute Gasteiger partial charge is 0.311 e. The van der Waals surface area contributed by atoms with Crippen molar-refractivity contribution in [2.45, 2.75) is 26.8 Å². The molecule has 0 radical (unpaired) electrons. The van der Waals surface area contributed by atoms with Crippen LogP contribution in [-0.4, -0.2) is 27.7 Å². The van der Waals surface area contributed by atoms with Crippen LogP contribution < -0.4 is 4.90 Å². The molecule has 4 rings (SSSR count). The second-order valence-electron chi connectivity index (χ2n) is 7.49. The molecule has 5 heteroatoms. The fourth-order valence-electron chi connectivity index (χ4n) is 3.52. The molecular weight excluding hydrogens is 360 g/mol. The lowest BCUT2D eigenvalue weighted by atomic mass is 10.0. The number of hydrogen-bond acceptors (Lipinski definition) is 3. The zero-order chi connectivity index (χ0) is 20.5. The third-order valence-corrected chi connectivity index (χ3v) is 5.16. The second kappa shape index (κ2) is 7.51. The van der Waals surface area contributed by atoms with Crippen molar-refractivity contribution in [2.75, 3.05) is 11.9 Å². The number of nitrogens with zero attached hydrogens (tertiary/aromatic N) is 4. The number of carbonyl (C=O) groups is 1. The topological polar surface area (TPSA) is 51.0 Å². The summed E-state index contributed by atoms with van der Waals surface area (Å²) in [6.07, 6.45) is 1.75. The van der Waals surface area contributed by atoms with Gasteiger partial charge in [0.15, 0.2) is 5.65 Å². The minimum atomic E-state index is -0.0817. The number of carbonyl (C=O) groups excluding carboxylic acids is 1. The van der Waals surface area contributed by atoms with Gasteiger partial charge in [-0.05, 0) is 44.5 Å². The summed E-state index contributed by atoms with van der Waals surface area (Å²) in [5.74, 6) is -0.0817. The van der Waals surface area contributed by atoms with Crippen molar-refractivity contribution in [3.8, 4) is 11.3 Å². The fourth-order valence-corrected chi connectivity index (χ4v) is 3.52. The van der Waals surface area contributed by atoms with Crippen molar-refractivity contribution < 1.29 is 4.79 Å². The molecule has 0 aliphatic rings. The Hall–Kier alpha value is -3.47. The van der Waals surface area contributed by atoms with E-state index < -0.39 is 0 Å². The molecule has 0 bridgehead atoms. The molecule has 0 fully saturated rings. The number of hydrogen-bond donors (Lipinski definition) is 0. The summed E-state index contributed by atoms with van der Waals surface area (Å²) in [7, 11) is 1.80. The maximum absolute atomic E-state index is 13.5. The number of amides is 1. The Kier molecular flexibility index (Phi) is 4.89. The van der Waals surface area contributed by atoms with Crippen LogP contribution in [0.25, 0.3) is 22.3 Å². The van der Waals surface area contributed by atoms with E-state index in [1.807, 2.05) is 59.3 Å². The molecule has 0 saturated heterocycles. The lowest BCUT2D eigenvalue weighted by Gasteiger charge is -2.19. The summed E-state index contributed by atoms with van der Waals surface area (Å²) in [6, 6.07) is 19.8. The van der Waals surface area contributed by atoms with Crippen LogP contribution in [-0.2, 0) is 0 Å². The van der Waals surface area contributed by atoms with Crippen LogP contribution in [0.2, 0.25) is 0 Å². The highest BCUT2D eigenvalue weighted by molar-refractivity contribution is 6.13. The Morgan fingerprint density at radius 2 is 1.72 bits per heavy atom. The fraction of sp³-hybridized carbons (Fsp3) is 0.208. The third kappa shape index (κ3) is 3.40. The Balaban J connectivity index is 1.93. The molecule has 0 atom stereocenters. The highest BCUT2D eigenvalue weighted by Crippen LogP contribution is 2.29. The van der Waals surface area contributed by atoms with Gasteiger partial charge in [-0.3, -0.25) is 4.79 Å². The van der Waals surface area contributed by atoms with E-state index in [-0.39, 0.29) is 11.9 Å². The Morgan fingerprint density at radius 1 is 1.03 bits per heavy atom. The number of fused-ring (bicyclic) bond motifs is 1. The van der Waals surface area contributed by atoms with E-state index in [1.54, 1.807) is 18.1 Å². The van der Waals surface area contributed by atoms with Gasteiger partial charge in [-0.25, -0.2) is 9.67 Å². The normalized spacial score (nSPS) is 11.2. The Morgan fingerprint density at radius 3 is 2.41 bits per heavy atom. The number of rotatable bonds is 4. The van der Waals surface area contributed by atoms with E-state index in [1.165, 1.54) is 0 Å². The summed E-state index contributed by atoms with van der Waals surface area (Å²) in [5.41, 5.74) is 5.09. The van der Waals surface area contributed by atoms with Crippen LogP contribution in [0.4, 0.5) is 5.69 Å². The van der Waals surface area contributed by atoms with Gasteiger partial charge in [0.05, 0.1) is 22.8 Å². The third-order valence-electron chi connectivity index (χ3n) is 5.16. The average Bonchev–Trinajstić information content (AvgIpc) is 3.17. The first-order chi connectivity index (χ1) is 14.0. The molecule has 0 N–H and O–H groups in total. The van der Waals surface area contributed by atoms with Crippen LogP contribution in [0, 0.1) is 6.92 Å². The highest BCUT2D eigenvalue weighted by Gasteiger charge is 2.22. The van der Waals surface area contributed by atoms with Crippen LogP contribution in [0.3, 0.4) is 0 Å². The minimum absolute atomic E-state index is 0.0817. The molecule has 29 heavy (non-hydrogen) atoms. The summed E-state index contributed by atoms with van der Waals surface area (Å²) < 4.78 is 1.87. The molecule has 146 valence electrons. The molecule has 4 aromatic rings. The van der Waals surface area contributed by atoms with Gasteiger partial charge >= 0.3 is 0 Å². The average molecular weight is 384 g/mol. The van der Waals surface area contributed by atoms with Gasteiger partial charge < -0.3 is 4.90 Å². The van der Waals surface area contributed by atoms with Gasteiger partial charge in [0.2, 0.25) is 0 Å². The molecule has 0 aliphatic heterocycles. The summed E-state index contributed by atoms with van der Waals surface area (Å²) in [4.78, 5) is 20.0. The number of benzene rings is 2. The van der Waals surface area contributed by atoms with Gasteiger partial charge in [0.1, 0.15) is 0 Å². The van der Waals surface area contributed by atoms with Gasteiger partial charge in [-0.2, -0.15) is 5.10 Å². The second-order valence-corrected chi connectivity index (χ2v) is 7.49. The molecule has 2 aromatic heterocycles. The Bertz CT molecular complexity index is 1180. The van der Waals surface area contributed by atoms with E-state index >= 15 is 0 Å². The predicted molar refractivity (Wildman–Crippen MR) is 117 cm³/mol. The summed E-state index contributed by atoms with van der Waals surface area (Å²) >= 11 is 0. The quantitative estimate of drug-likeness (QED) is 0.482. The molecule has 0 unspecified atom stereocenters. The predicted octanol–water partition coefficient (Wildman–Crippen LogP) is 5.26. The van der Waals surface area contributed by atoms with E-state index in [9.17, 15) is 4.79 Å². The van der Waals surface area contributed by atoms with Gasteiger partial charge in [-0.15, -0.1) is 0 Å². The van der Waals surface area contributed by atoms with E-state index in [4.69, 9.17) is 4.98 Å². The number of anilines is 1. The zero-order valence-electron chi connectivity index (χ0n) is 17.1. The van der Waals surface area contributed by atoms with Crippen LogP contribution >= 0.6 is 0 Å². The first kappa shape index (κ1) is 18.9. The van der Waals surface area contributed by atoms with Crippen LogP contribution in [0.5, 0.6) is 0 Å². The van der Waals surface area contributed by atoms with Crippen molar-refractivity contribution >= 4 is 22.6 Å². The van der Waals surface area contributed by atoms with Crippen LogP contribution in [0.15, 0.2) is 66.9 Å². The van der Waals surface area contributed by atoms with E-state index in [0.29, 0.717) is 5.56 Å². The van der Waals surface area contributed by atoms with Crippen molar-refractivity contribution in [3.05, 3.63) is 78.0 Å². The molecule has 2 heterocycles. The summed E-state index contributed by atoms with van der Waals surface area (Å²) in [5, 5.41) is 5.28. The standard InChI is InChI=1S/C24H24N4O/c1-16(2)28-23-21(15-25-28)20(24(29)27(4)18-11-6-5-7-12-18)14-22(26-23)19-13-9-8-10-17(19)3/h5-16H,1-4H3. The number of aromatic nitrogens is 3. The number of para-hydroxylation sites is 1. The Labute approximate surface area is 170 Å². The maximum atomic E-state index is 13.5. The summed E-state index contributed by atoms with van der Waals surface area (Å²) in [6.45, 7) is 6.18. The SMILES string of the molecule is Cc1ccccc1-c1cc(C(=O)N(C)c2ccccc2)c2cnn(C(C)C)c2n1. The lowest BCUT2D eigenvalue weighted by molar-refractivity contribution is 0.0994. The maximum Gasteiger partial charge on any atom is 0.258 e. The van der Waals surface area contributed by atoms with Gasteiger partial charge in [0.25, 0.3) is 5.91 Å². The van der Waals surface area contributed by atoms with Gasteiger partial charge in [-0.1, -0.05) is 42.5 Å². The van der Waals surface area contributed by atoms with Crippen molar-refractivity contribution in [1.29, 1.82) is 0 Å². The van der Waals surface area contributed by atoms with Crippen molar-refractivity contribution in [3.63, 3.8) is 0 Å². The van der Waals surface area contributed by atoms with Crippen molar-refractivity contribution in [2.24, 2.45) is 0 Å². The first-order valence-electron chi connectivity index (χ1n) is 9.74. The van der Waals surface area contributed by atoms with Crippen LogP contribution in [0.1, 0.15) is 35.8 Å². The molecule has 1 amide bonds. The highest BCUT2D eigenvalue weighted by atomic mass is 16.2. The zero-order valence-corrected chi connectivity index (χ0v) is 17.1. The molecular formula is C24H24N4O. The molecule has 2 aromatic carbocycles. The number of aryl methyl sites for hydroxylation is 1. The van der Waals surface area contributed by atoms with E-state index in [2.05, 4.69) is 31.9 Å². The number of pyridine rings is 1. The monoisotopic (exact) mass is 384 g/mol. The molecule has 5 nitrogen and oxygen atoms in total. The molecule has 0 saturated carbocycles. The molecule has 0 aliphatic carbocycles. The van der Waals surface area contributed by atoms with Crippen molar-refractivity contribution in [1.82, 2.24) is 14.8 Å². The van der Waals surface area contributed by atoms with E-state index in [0.717, 1.165) is 33.5 Å². The first-order valence-corrected chi connectivity index (χ1v) is 9.74. The molecule has 0 spiro atoms. The lowest BCUT2D eigenvalue weighted by Crippen LogP contribution is -2.26.